The van der Waals surface area contributed by atoms with Crippen LogP contribution in [0.5, 0.6) is 5.75 Å². The monoisotopic (exact) mass is 400 g/mol. The van der Waals surface area contributed by atoms with Gasteiger partial charge in [0.15, 0.2) is 0 Å². The van der Waals surface area contributed by atoms with E-state index < -0.39 is 12.0 Å². The molecule has 1 saturated carbocycles. The van der Waals surface area contributed by atoms with Crippen LogP contribution in [0.4, 0.5) is 13.2 Å². The van der Waals surface area contributed by atoms with E-state index in [0.717, 1.165) is 38.9 Å². The Morgan fingerprint density at radius 2 is 1.93 bits per heavy atom. The number of benzene rings is 1. The quantitative estimate of drug-likeness (QED) is 0.783. The summed E-state index contributed by atoms with van der Waals surface area (Å²) in [5.41, 5.74) is -0.280. The molecular formula is C21H31F3N2O2. The highest BCUT2D eigenvalue weighted by Crippen LogP contribution is 2.42. The molecule has 2 aliphatic rings. The van der Waals surface area contributed by atoms with Crippen molar-refractivity contribution in [2.24, 2.45) is 0 Å². The van der Waals surface area contributed by atoms with E-state index in [1.807, 2.05) is 6.07 Å². The third-order valence-electron chi connectivity index (χ3n) is 6.24. The number of aliphatic hydroxyl groups is 1. The Balaban J connectivity index is 1.91. The average molecular weight is 400 g/mol. The first-order valence-electron chi connectivity index (χ1n) is 10.1. The number of alkyl halides is 3. The van der Waals surface area contributed by atoms with Gasteiger partial charge in [0.1, 0.15) is 5.75 Å². The molecule has 158 valence electrons. The first kappa shape index (κ1) is 21.4. The molecule has 1 aromatic rings. The zero-order valence-electron chi connectivity index (χ0n) is 16.7. The summed E-state index contributed by atoms with van der Waals surface area (Å²) in [6.45, 7) is 7.48. The number of piperazine rings is 1. The fourth-order valence-corrected chi connectivity index (χ4v) is 4.61. The Morgan fingerprint density at radius 3 is 2.57 bits per heavy atom. The van der Waals surface area contributed by atoms with Crippen molar-refractivity contribution in [3.05, 3.63) is 29.8 Å². The molecule has 1 heterocycles. The molecule has 1 saturated heterocycles. The Bertz CT molecular complexity index is 657. The second kappa shape index (κ2) is 8.20. The molecule has 0 spiro atoms. The van der Waals surface area contributed by atoms with Gasteiger partial charge >= 0.3 is 6.36 Å². The highest BCUT2D eigenvalue weighted by Gasteiger charge is 2.42. The highest BCUT2D eigenvalue weighted by atomic mass is 19.4. The highest BCUT2D eigenvalue weighted by molar-refractivity contribution is 5.33. The van der Waals surface area contributed by atoms with E-state index in [1.165, 1.54) is 12.1 Å². The van der Waals surface area contributed by atoms with Crippen LogP contribution in [0.25, 0.3) is 0 Å². The Morgan fingerprint density at radius 1 is 1.21 bits per heavy atom. The second-order valence-corrected chi connectivity index (χ2v) is 8.77. The van der Waals surface area contributed by atoms with Crippen molar-refractivity contribution >= 4 is 0 Å². The van der Waals surface area contributed by atoms with E-state index in [2.05, 4.69) is 28.8 Å². The molecule has 7 heteroatoms. The van der Waals surface area contributed by atoms with E-state index in [9.17, 15) is 18.3 Å². The van der Waals surface area contributed by atoms with E-state index >= 15 is 0 Å². The summed E-state index contributed by atoms with van der Waals surface area (Å²) in [6.07, 6.45) is -0.405. The van der Waals surface area contributed by atoms with E-state index in [0.29, 0.717) is 24.9 Å². The second-order valence-electron chi connectivity index (χ2n) is 8.77. The maximum Gasteiger partial charge on any atom is 0.573 e. The van der Waals surface area contributed by atoms with Crippen LogP contribution in [0.15, 0.2) is 24.3 Å². The van der Waals surface area contributed by atoms with Crippen molar-refractivity contribution in [1.82, 2.24) is 10.2 Å². The van der Waals surface area contributed by atoms with Gasteiger partial charge in [-0.2, -0.15) is 0 Å². The summed E-state index contributed by atoms with van der Waals surface area (Å²) >= 11 is 0. The lowest BCUT2D eigenvalue weighted by Gasteiger charge is -2.48. The largest absolute Gasteiger partial charge is 0.573 e. The summed E-state index contributed by atoms with van der Waals surface area (Å²) in [5.74, 6) is -0.490. The number of hydrogen-bond acceptors (Lipinski definition) is 4. The third-order valence-corrected chi connectivity index (χ3v) is 6.24. The predicted octanol–water partition coefficient (Wildman–Crippen LogP) is 4.05. The Hall–Kier alpha value is -1.31. The zero-order chi connectivity index (χ0) is 20.4. The van der Waals surface area contributed by atoms with Crippen molar-refractivity contribution in [3.8, 4) is 5.75 Å². The summed E-state index contributed by atoms with van der Waals surface area (Å²) in [5, 5.41) is 14.9. The molecule has 0 bridgehead atoms. The number of halogens is 3. The lowest BCUT2D eigenvalue weighted by molar-refractivity contribution is -0.274. The van der Waals surface area contributed by atoms with Crippen LogP contribution in [0, 0.1) is 0 Å². The van der Waals surface area contributed by atoms with Gasteiger partial charge in [0, 0.05) is 37.6 Å². The first-order chi connectivity index (χ1) is 13.1. The third kappa shape index (κ3) is 5.19. The van der Waals surface area contributed by atoms with Gasteiger partial charge in [-0.1, -0.05) is 31.4 Å². The minimum absolute atomic E-state index is 0.0817. The summed E-state index contributed by atoms with van der Waals surface area (Å²) in [4.78, 5) is 2.35. The zero-order valence-corrected chi connectivity index (χ0v) is 16.7. The van der Waals surface area contributed by atoms with E-state index in [1.54, 1.807) is 6.07 Å². The smallest absolute Gasteiger partial charge is 0.406 e. The van der Waals surface area contributed by atoms with Crippen LogP contribution in [0.1, 0.15) is 57.4 Å². The van der Waals surface area contributed by atoms with Crippen LogP contribution >= 0.6 is 0 Å². The van der Waals surface area contributed by atoms with Gasteiger partial charge < -0.3 is 15.2 Å². The minimum Gasteiger partial charge on any atom is -0.406 e. The molecule has 1 aromatic carbocycles. The number of nitrogens with zero attached hydrogens (tertiary/aromatic N) is 1. The molecule has 1 atom stereocenters. The normalized spacial score (nSPS) is 23.9. The van der Waals surface area contributed by atoms with Crippen LogP contribution in [0.2, 0.25) is 0 Å². The number of ether oxygens (including phenoxy) is 1. The van der Waals surface area contributed by atoms with Crippen molar-refractivity contribution in [3.63, 3.8) is 0 Å². The molecular weight excluding hydrogens is 369 g/mol. The SMILES string of the molecule is CC1(C)CNCCN1CC(c1cccc(OC(F)(F)F)c1)C1(O)CCCCC1. The van der Waals surface area contributed by atoms with Crippen molar-refractivity contribution in [1.29, 1.82) is 0 Å². The Kier molecular flexibility index (Phi) is 6.27. The molecule has 1 aliphatic carbocycles. The van der Waals surface area contributed by atoms with Crippen molar-refractivity contribution in [2.45, 2.75) is 69.4 Å². The molecule has 2 fully saturated rings. The van der Waals surface area contributed by atoms with Gasteiger partial charge in [0.25, 0.3) is 0 Å². The van der Waals surface area contributed by atoms with Gasteiger partial charge in [0.2, 0.25) is 0 Å². The van der Waals surface area contributed by atoms with Gasteiger partial charge in [-0.25, -0.2) is 0 Å². The van der Waals surface area contributed by atoms with Gasteiger partial charge in [-0.05, 0) is 44.4 Å². The van der Waals surface area contributed by atoms with Crippen LogP contribution in [0.3, 0.4) is 0 Å². The molecule has 1 unspecified atom stereocenters. The lowest BCUT2D eigenvalue weighted by Crippen LogP contribution is -2.60. The van der Waals surface area contributed by atoms with Crippen LogP contribution in [-0.2, 0) is 0 Å². The maximum atomic E-state index is 12.7. The molecule has 28 heavy (non-hydrogen) atoms. The molecule has 4 nitrogen and oxygen atoms in total. The standard InChI is InChI=1S/C21H31F3N2O2/c1-19(2)15-25-11-12-26(19)14-18(20(27)9-4-3-5-10-20)16-7-6-8-17(13-16)28-21(22,23)24/h6-8,13,18,25,27H,3-5,9-12,14-15H2,1-2H3. The van der Waals surface area contributed by atoms with E-state index in [4.69, 9.17) is 0 Å². The fourth-order valence-electron chi connectivity index (χ4n) is 4.61. The van der Waals surface area contributed by atoms with Gasteiger partial charge in [-0.3, -0.25) is 4.90 Å². The number of hydrogen-bond donors (Lipinski definition) is 2. The number of nitrogens with one attached hydrogen (secondary N) is 1. The summed E-state index contributed by atoms with van der Waals surface area (Å²) in [6, 6.07) is 6.15. The predicted molar refractivity (Wildman–Crippen MR) is 102 cm³/mol. The fraction of sp³-hybridized carbons (Fsp3) is 0.714. The Labute approximate surface area is 165 Å². The topological polar surface area (TPSA) is 44.7 Å². The molecule has 3 rings (SSSR count). The van der Waals surface area contributed by atoms with Gasteiger partial charge in [-0.15, -0.1) is 13.2 Å². The van der Waals surface area contributed by atoms with Gasteiger partial charge in [0.05, 0.1) is 5.60 Å². The summed E-state index contributed by atoms with van der Waals surface area (Å²) < 4.78 is 42.2. The molecule has 1 aliphatic heterocycles. The summed E-state index contributed by atoms with van der Waals surface area (Å²) in [7, 11) is 0. The lowest BCUT2D eigenvalue weighted by atomic mass is 9.72. The maximum absolute atomic E-state index is 12.7. The first-order valence-corrected chi connectivity index (χ1v) is 10.1. The number of rotatable bonds is 5. The molecule has 0 radical (unpaired) electrons. The van der Waals surface area contributed by atoms with E-state index in [-0.39, 0.29) is 17.2 Å². The minimum atomic E-state index is -4.73. The van der Waals surface area contributed by atoms with Crippen molar-refractivity contribution < 1.29 is 23.0 Å². The van der Waals surface area contributed by atoms with Crippen molar-refractivity contribution in [2.75, 3.05) is 26.2 Å². The molecule has 2 N–H and O–H groups in total. The molecule has 0 amide bonds. The van der Waals surface area contributed by atoms with Crippen LogP contribution < -0.4 is 10.1 Å². The molecule has 0 aromatic heterocycles. The van der Waals surface area contributed by atoms with Crippen LogP contribution in [-0.4, -0.2) is 53.7 Å². The average Bonchev–Trinajstić information content (AvgIpc) is 2.59.